The fourth-order valence-electron chi connectivity index (χ4n) is 1.20. The summed E-state index contributed by atoms with van der Waals surface area (Å²) in [6, 6.07) is 0. The summed E-state index contributed by atoms with van der Waals surface area (Å²) in [5.74, 6) is -3.51. The van der Waals surface area contributed by atoms with Gasteiger partial charge in [-0.2, -0.15) is 26.3 Å². The molecule has 16 heavy (non-hydrogen) atoms. The van der Waals surface area contributed by atoms with E-state index in [0.29, 0.717) is 0 Å². The molecule has 0 saturated carbocycles. The molecule has 9 heteroatoms. The quantitative estimate of drug-likeness (QED) is 0.559. The first-order chi connectivity index (χ1) is 7.10. The highest BCUT2D eigenvalue weighted by molar-refractivity contribution is 5.61. The first-order valence-corrected chi connectivity index (χ1v) is 4.07. The lowest BCUT2D eigenvalue weighted by atomic mass is 10.0. The van der Waals surface area contributed by atoms with Crippen molar-refractivity contribution in [2.75, 3.05) is 6.61 Å². The van der Waals surface area contributed by atoms with Gasteiger partial charge in [-0.05, 0) is 0 Å². The molecule has 0 aromatic heterocycles. The summed E-state index contributed by atoms with van der Waals surface area (Å²) in [6.07, 6.45) is -15.0. The van der Waals surface area contributed by atoms with E-state index in [0.717, 1.165) is 0 Å². The molecule has 0 bridgehead atoms. The Labute approximate surface area is 85.3 Å². The van der Waals surface area contributed by atoms with Gasteiger partial charge >= 0.3 is 18.5 Å². The number of hydrogen-bond donors (Lipinski definition) is 0. The fourth-order valence-corrected chi connectivity index (χ4v) is 1.20. The Bertz CT molecular complexity index is 256. The van der Waals surface area contributed by atoms with Gasteiger partial charge in [0.1, 0.15) is 12.7 Å². The van der Waals surface area contributed by atoms with Crippen LogP contribution in [0, 0.1) is 5.92 Å². The van der Waals surface area contributed by atoms with Crippen molar-refractivity contribution in [2.45, 2.75) is 24.9 Å². The van der Waals surface area contributed by atoms with Gasteiger partial charge in [-0.1, -0.05) is 0 Å². The third-order valence-corrected chi connectivity index (χ3v) is 1.94. The summed E-state index contributed by atoms with van der Waals surface area (Å²) >= 11 is 0. The number of rotatable bonds is 2. The van der Waals surface area contributed by atoms with Gasteiger partial charge in [0.05, 0.1) is 0 Å². The molecule has 1 unspecified atom stereocenters. The van der Waals surface area contributed by atoms with Crippen molar-refractivity contribution >= 4 is 6.16 Å². The summed E-state index contributed by atoms with van der Waals surface area (Å²) in [6.45, 7) is -0.596. The smallest absolute Gasteiger partial charge is 0.430 e. The summed E-state index contributed by atoms with van der Waals surface area (Å²) < 4.78 is 80.6. The lowest BCUT2D eigenvalue weighted by Gasteiger charge is -2.23. The van der Waals surface area contributed by atoms with E-state index < -0.39 is 43.6 Å². The van der Waals surface area contributed by atoms with E-state index >= 15 is 0 Å². The Kier molecular flexibility index (Phi) is 3.25. The highest BCUT2D eigenvalue weighted by Gasteiger charge is 2.57. The van der Waals surface area contributed by atoms with Crippen molar-refractivity contribution in [1.82, 2.24) is 0 Å². The van der Waals surface area contributed by atoms with Crippen LogP contribution in [0.5, 0.6) is 0 Å². The van der Waals surface area contributed by atoms with Crippen LogP contribution in [0.4, 0.5) is 31.1 Å². The minimum atomic E-state index is -5.42. The van der Waals surface area contributed by atoms with E-state index in [9.17, 15) is 31.1 Å². The second-order valence-electron chi connectivity index (χ2n) is 3.17. The van der Waals surface area contributed by atoms with E-state index in [1.807, 2.05) is 0 Å². The number of carbonyl (C=O) groups is 1. The molecular formula is C7H6F6O3. The zero-order valence-electron chi connectivity index (χ0n) is 7.56. The number of alkyl halides is 6. The Morgan fingerprint density at radius 2 is 1.69 bits per heavy atom. The van der Waals surface area contributed by atoms with Crippen molar-refractivity contribution in [3.63, 3.8) is 0 Å². The third-order valence-electron chi connectivity index (χ3n) is 1.94. The lowest BCUT2D eigenvalue weighted by molar-refractivity contribution is -0.289. The predicted molar refractivity (Wildman–Crippen MR) is 36.4 cm³/mol. The minimum Gasteiger partial charge on any atom is -0.430 e. The molecule has 1 heterocycles. The Morgan fingerprint density at radius 3 is 2.00 bits per heavy atom. The van der Waals surface area contributed by atoms with Crippen LogP contribution in [0.15, 0.2) is 0 Å². The maximum atomic E-state index is 12.1. The molecule has 0 spiro atoms. The molecule has 1 aliphatic heterocycles. The van der Waals surface area contributed by atoms with Crippen molar-refractivity contribution in [3.8, 4) is 0 Å². The summed E-state index contributed by atoms with van der Waals surface area (Å²) in [5, 5.41) is 0. The van der Waals surface area contributed by atoms with Gasteiger partial charge in [0.25, 0.3) is 0 Å². The fraction of sp³-hybridized carbons (Fsp3) is 0.857. The molecule has 0 aliphatic carbocycles. The van der Waals surface area contributed by atoms with Crippen molar-refractivity contribution in [3.05, 3.63) is 0 Å². The van der Waals surface area contributed by atoms with E-state index in [1.54, 1.807) is 0 Å². The Balaban J connectivity index is 2.69. The van der Waals surface area contributed by atoms with E-state index in [1.165, 1.54) is 0 Å². The van der Waals surface area contributed by atoms with Crippen LogP contribution < -0.4 is 0 Å². The molecule has 0 radical (unpaired) electrons. The van der Waals surface area contributed by atoms with Crippen LogP contribution in [0.1, 0.15) is 6.42 Å². The topological polar surface area (TPSA) is 35.5 Å². The van der Waals surface area contributed by atoms with Gasteiger partial charge in [0.15, 0.2) is 5.92 Å². The molecule has 0 aromatic carbocycles. The standard InChI is InChI=1S/C7H6F6O3/c8-6(9,10)4(7(11,12)13)1-3-2-15-5(14)16-3/h3-4H,1-2H2. The van der Waals surface area contributed by atoms with Gasteiger partial charge in [0.2, 0.25) is 0 Å². The average Bonchev–Trinajstić information content (AvgIpc) is 2.43. The SMILES string of the molecule is O=C1OCC(CC(C(F)(F)F)C(F)(F)F)O1. The minimum absolute atomic E-state index is 0.596. The summed E-state index contributed by atoms with van der Waals surface area (Å²) in [5.41, 5.74) is 0. The molecule has 1 rings (SSSR count). The van der Waals surface area contributed by atoms with Gasteiger partial charge in [-0.15, -0.1) is 0 Å². The third kappa shape index (κ3) is 3.17. The predicted octanol–water partition coefficient (Wildman–Crippen LogP) is 2.65. The molecule has 1 fully saturated rings. The van der Waals surface area contributed by atoms with Crippen LogP contribution in [0.25, 0.3) is 0 Å². The van der Waals surface area contributed by atoms with Crippen LogP contribution in [0.3, 0.4) is 0 Å². The van der Waals surface area contributed by atoms with Crippen LogP contribution in [-0.4, -0.2) is 31.2 Å². The molecule has 1 aliphatic rings. The van der Waals surface area contributed by atoms with Gasteiger partial charge in [-0.3, -0.25) is 0 Å². The molecule has 94 valence electrons. The van der Waals surface area contributed by atoms with E-state index in [-0.39, 0.29) is 0 Å². The first kappa shape index (κ1) is 12.9. The number of ether oxygens (including phenoxy) is 2. The summed E-state index contributed by atoms with van der Waals surface area (Å²) in [7, 11) is 0. The molecule has 0 aromatic rings. The average molecular weight is 252 g/mol. The highest BCUT2D eigenvalue weighted by atomic mass is 19.4. The monoisotopic (exact) mass is 252 g/mol. The molecule has 3 nitrogen and oxygen atoms in total. The molecule has 1 atom stereocenters. The number of hydrogen-bond acceptors (Lipinski definition) is 3. The van der Waals surface area contributed by atoms with Crippen LogP contribution in [0.2, 0.25) is 0 Å². The molecule has 0 N–H and O–H groups in total. The molecule has 0 amide bonds. The van der Waals surface area contributed by atoms with Crippen molar-refractivity contribution in [1.29, 1.82) is 0 Å². The molecular weight excluding hydrogens is 246 g/mol. The van der Waals surface area contributed by atoms with Crippen molar-refractivity contribution in [2.24, 2.45) is 5.92 Å². The largest absolute Gasteiger partial charge is 0.508 e. The number of halogens is 6. The summed E-state index contributed by atoms with van der Waals surface area (Å²) in [4.78, 5) is 10.3. The highest BCUT2D eigenvalue weighted by Crippen LogP contribution is 2.42. The zero-order valence-corrected chi connectivity index (χ0v) is 7.56. The van der Waals surface area contributed by atoms with Crippen LogP contribution >= 0.6 is 0 Å². The zero-order chi connectivity index (χ0) is 12.6. The maximum Gasteiger partial charge on any atom is 0.508 e. The van der Waals surface area contributed by atoms with Gasteiger partial charge in [-0.25, -0.2) is 4.79 Å². The first-order valence-electron chi connectivity index (χ1n) is 4.07. The lowest BCUT2D eigenvalue weighted by Crippen LogP contribution is -2.39. The molecule has 1 saturated heterocycles. The second-order valence-corrected chi connectivity index (χ2v) is 3.17. The van der Waals surface area contributed by atoms with Crippen molar-refractivity contribution < 1.29 is 40.6 Å². The Hall–Kier alpha value is -1.15. The number of cyclic esters (lactones) is 2. The van der Waals surface area contributed by atoms with E-state index in [2.05, 4.69) is 9.47 Å². The van der Waals surface area contributed by atoms with Gasteiger partial charge < -0.3 is 9.47 Å². The number of carbonyl (C=O) groups excluding carboxylic acids is 1. The second kappa shape index (κ2) is 4.02. The van der Waals surface area contributed by atoms with Crippen LogP contribution in [-0.2, 0) is 9.47 Å². The Morgan fingerprint density at radius 1 is 1.19 bits per heavy atom. The van der Waals surface area contributed by atoms with Gasteiger partial charge in [0, 0.05) is 6.42 Å². The normalized spacial score (nSPS) is 22.2. The van der Waals surface area contributed by atoms with E-state index in [4.69, 9.17) is 0 Å². The maximum absolute atomic E-state index is 12.1.